The first-order valence-corrected chi connectivity index (χ1v) is 10.9. The number of hydrogen-bond donors (Lipinski definition) is 2. The summed E-state index contributed by atoms with van der Waals surface area (Å²) in [5, 5.41) is 5.86. The molecule has 2 bridgehead atoms. The Bertz CT molecular complexity index is 1220. The van der Waals surface area contributed by atoms with Crippen LogP contribution in [0.3, 0.4) is 0 Å². The smallest absolute Gasteiger partial charge is 0.255 e. The van der Waals surface area contributed by atoms with Crippen molar-refractivity contribution in [3.05, 3.63) is 65.5 Å². The average Bonchev–Trinajstić information content (AvgIpc) is 3.35. The Hall–Kier alpha value is -3.59. The number of fused-ring (bicyclic) bond motifs is 3. The van der Waals surface area contributed by atoms with E-state index < -0.39 is 11.6 Å². The maximum absolute atomic E-state index is 14.4. The summed E-state index contributed by atoms with van der Waals surface area (Å²) in [5.41, 5.74) is 2.08. The number of nitrogens with one attached hydrogen (secondary N) is 2. The highest BCUT2D eigenvalue weighted by Gasteiger charge is 2.34. The molecule has 1 amide bonds. The van der Waals surface area contributed by atoms with Crippen LogP contribution in [0.15, 0.2) is 42.6 Å². The van der Waals surface area contributed by atoms with Crippen molar-refractivity contribution in [1.82, 2.24) is 15.3 Å². The van der Waals surface area contributed by atoms with Crippen molar-refractivity contribution in [1.29, 1.82) is 0 Å². The Morgan fingerprint density at radius 1 is 1.06 bits per heavy atom. The van der Waals surface area contributed by atoms with E-state index in [0.29, 0.717) is 22.8 Å². The summed E-state index contributed by atoms with van der Waals surface area (Å²) in [5.74, 6) is -1.20. The quantitative estimate of drug-likeness (QED) is 0.631. The van der Waals surface area contributed by atoms with Crippen LogP contribution in [0.25, 0.3) is 11.3 Å². The van der Waals surface area contributed by atoms with Crippen molar-refractivity contribution in [3.63, 3.8) is 0 Å². The van der Waals surface area contributed by atoms with E-state index in [4.69, 9.17) is 4.74 Å². The van der Waals surface area contributed by atoms with Crippen molar-refractivity contribution in [3.8, 4) is 11.3 Å². The molecule has 3 aliphatic rings. The van der Waals surface area contributed by atoms with Crippen LogP contribution in [0.5, 0.6) is 0 Å². The zero-order chi connectivity index (χ0) is 22.5. The Morgan fingerprint density at radius 2 is 1.82 bits per heavy atom. The van der Waals surface area contributed by atoms with Gasteiger partial charge in [-0.25, -0.2) is 18.7 Å². The van der Waals surface area contributed by atoms with Crippen molar-refractivity contribution >= 4 is 23.1 Å². The van der Waals surface area contributed by atoms with Gasteiger partial charge in [0.2, 0.25) is 0 Å². The number of benzene rings is 1. The van der Waals surface area contributed by atoms with E-state index in [2.05, 4.69) is 25.5 Å². The highest BCUT2D eigenvalue weighted by atomic mass is 19.1. The molecule has 6 rings (SSSR count). The molecule has 33 heavy (non-hydrogen) atoms. The van der Waals surface area contributed by atoms with Gasteiger partial charge in [-0.1, -0.05) is 6.07 Å². The highest BCUT2D eigenvalue weighted by molar-refractivity contribution is 6.04. The molecule has 2 aromatic heterocycles. The van der Waals surface area contributed by atoms with Gasteiger partial charge in [0.25, 0.3) is 5.91 Å². The molecule has 7 nitrogen and oxygen atoms in total. The fourth-order valence-corrected chi connectivity index (χ4v) is 4.81. The molecule has 0 radical (unpaired) electrons. The van der Waals surface area contributed by atoms with Gasteiger partial charge in [-0.2, -0.15) is 0 Å². The molecule has 0 unspecified atom stereocenters. The van der Waals surface area contributed by atoms with Crippen molar-refractivity contribution in [2.75, 3.05) is 23.3 Å². The standard InChI is InChI=1S/C24H21F2N5O2/c25-16-2-1-3-17(26)22(16)18-8-19(23-20(29-18)10-28-24(23)32)30-21-7-4-13(9-27-21)31-11-14-5-6-15(12-31)33-14/h1-4,7-9,14-15H,5-6,10-12H2,(H,28,32)(H,27,29,30)/t14-,15+. The second-order valence-corrected chi connectivity index (χ2v) is 8.55. The number of ether oxygens (including phenoxy) is 1. The fourth-order valence-electron chi connectivity index (χ4n) is 4.81. The third kappa shape index (κ3) is 3.58. The zero-order valence-electron chi connectivity index (χ0n) is 17.6. The number of carbonyl (C=O) groups excluding carboxylic acids is 1. The minimum Gasteiger partial charge on any atom is -0.371 e. The third-order valence-electron chi connectivity index (χ3n) is 6.38. The summed E-state index contributed by atoms with van der Waals surface area (Å²) in [6.45, 7) is 1.89. The molecule has 0 spiro atoms. The molecule has 168 valence electrons. The van der Waals surface area contributed by atoms with Crippen LogP contribution in [0.2, 0.25) is 0 Å². The van der Waals surface area contributed by atoms with E-state index in [1.54, 1.807) is 6.20 Å². The van der Waals surface area contributed by atoms with Crippen LogP contribution < -0.4 is 15.5 Å². The predicted molar refractivity (Wildman–Crippen MR) is 118 cm³/mol. The first-order valence-electron chi connectivity index (χ1n) is 10.9. The first-order chi connectivity index (χ1) is 16.0. The fraction of sp³-hybridized carbons (Fsp3) is 0.292. The predicted octanol–water partition coefficient (Wildman–Crippen LogP) is 3.78. The lowest BCUT2D eigenvalue weighted by Crippen LogP contribution is -2.42. The van der Waals surface area contributed by atoms with Gasteiger partial charge < -0.3 is 20.3 Å². The second-order valence-electron chi connectivity index (χ2n) is 8.55. The van der Waals surface area contributed by atoms with Crippen LogP contribution >= 0.6 is 0 Å². The normalized spacial score (nSPS) is 21.2. The summed E-state index contributed by atoms with van der Waals surface area (Å²) in [6.07, 6.45) is 4.52. The molecule has 2 fully saturated rings. The number of carbonyl (C=O) groups is 1. The average molecular weight is 449 g/mol. The van der Waals surface area contributed by atoms with E-state index in [0.717, 1.165) is 31.6 Å². The molecule has 1 aromatic carbocycles. The van der Waals surface area contributed by atoms with Crippen LogP contribution in [-0.4, -0.2) is 41.2 Å². The maximum Gasteiger partial charge on any atom is 0.255 e. The van der Waals surface area contributed by atoms with Gasteiger partial charge in [0.15, 0.2) is 0 Å². The van der Waals surface area contributed by atoms with E-state index in [1.165, 1.54) is 24.3 Å². The number of pyridine rings is 2. The molecular formula is C24H21F2N5O2. The van der Waals surface area contributed by atoms with Gasteiger partial charge in [-0.05, 0) is 43.2 Å². The summed E-state index contributed by atoms with van der Waals surface area (Å²) in [7, 11) is 0. The molecule has 9 heteroatoms. The van der Waals surface area contributed by atoms with E-state index in [9.17, 15) is 13.6 Å². The molecule has 3 aliphatic heterocycles. The lowest BCUT2D eigenvalue weighted by Gasteiger charge is -2.33. The van der Waals surface area contributed by atoms with Gasteiger partial charge in [0, 0.05) is 13.1 Å². The second kappa shape index (κ2) is 7.77. The van der Waals surface area contributed by atoms with Gasteiger partial charge in [-0.3, -0.25) is 4.79 Å². The SMILES string of the molecule is O=C1NCc2nc(-c3c(F)cccc3F)cc(Nc3ccc(N4C[C@H]5CC[C@@H](C4)O5)cn3)c21. The lowest BCUT2D eigenvalue weighted by atomic mass is 10.1. The van der Waals surface area contributed by atoms with E-state index >= 15 is 0 Å². The van der Waals surface area contributed by atoms with Crippen LogP contribution in [-0.2, 0) is 11.3 Å². The monoisotopic (exact) mass is 449 g/mol. The summed E-state index contributed by atoms with van der Waals surface area (Å²) >= 11 is 0. The molecule has 2 N–H and O–H groups in total. The maximum atomic E-state index is 14.4. The molecule has 0 aliphatic carbocycles. The number of amides is 1. The third-order valence-corrected chi connectivity index (χ3v) is 6.38. The Labute approximate surface area is 188 Å². The number of hydrogen-bond acceptors (Lipinski definition) is 6. The molecule has 3 aromatic rings. The van der Waals surface area contributed by atoms with E-state index in [-0.39, 0.29) is 35.9 Å². The van der Waals surface area contributed by atoms with Gasteiger partial charge >= 0.3 is 0 Å². The van der Waals surface area contributed by atoms with Crippen molar-refractivity contribution in [2.45, 2.75) is 31.6 Å². The first kappa shape index (κ1) is 20.0. The number of anilines is 3. The Balaban J connectivity index is 1.32. The van der Waals surface area contributed by atoms with Crippen LogP contribution in [0.1, 0.15) is 28.9 Å². The van der Waals surface area contributed by atoms with Gasteiger partial charge in [-0.15, -0.1) is 0 Å². The van der Waals surface area contributed by atoms with Crippen molar-refractivity contribution < 1.29 is 18.3 Å². The van der Waals surface area contributed by atoms with E-state index in [1.807, 2.05) is 12.1 Å². The molecule has 5 heterocycles. The van der Waals surface area contributed by atoms with Gasteiger partial charge in [0.1, 0.15) is 17.5 Å². The summed E-state index contributed by atoms with van der Waals surface area (Å²) in [6, 6.07) is 8.95. The van der Waals surface area contributed by atoms with Crippen molar-refractivity contribution in [2.24, 2.45) is 0 Å². The van der Waals surface area contributed by atoms with Crippen LogP contribution in [0.4, 0.5) is 26.0 Å². The lowest BCUT2D eigenvalue weighted by molar-refractivity contribution is 0.0305. The minimum absolute atomic E-state index is 0.115. The number of rotatable bonds is 4. The Morgan fingerprint density at radius 3 is 2.52 bits per heavy atom. The van der Waals surface area contributed by atoms with Crippen LogP contribution in [0, 0.1) is 11.6 Å². The number of halogens is 2. The Kier molecular flexibility index (Phi) is 4.72. The number of aromatic nitrogens is 2. The molecule has 2 atom stereocenters. The molecule has 0 saturated carbocycles. The largest absolute Gasteiger partial charge is 0.371 e. The summed E-state index contributed by atoms with van der Waals surface area (Å²) in [4.78, 5) is 23.5. The van der Waals surface area contributed by atoms with Gasteiger partial charge in [0.05, 0.1) is 58.8 Å². The minimum atomic E-state index is -0.715. The summed E-state index contributed by atoms with van der Waals surface area (Å²) < 4.78 is 34.7. The topological polar surface area (TPSA) is 79.4 Å². The molecular weight excluding hydrogens is 428 g/mol. The number of nitrogens with zero attached hydrogens (tertiary/aromatic N) is 3. The zero-order valence-corrected chi connectivity index (χ0v) is 17.6. The number of morpholine rings is 1. The highest BCUT2D eigenvalue weighted by Crippen LogP contribution is 2.34. The molecule has 2 saturated heterocycles.